The monoisotopic (exact) mass is 525 g/mol. The Labute approximate surface area is 238 Å². The van der Waals surface area contributed by atoms with Crippen LogP contribution in [0.1, 0.15) is 32.6 Å². The Kier molecular flexibility index (Phi) is 6.81. The van der Waals surface area contributed by atoms with E-state index in [-0.39, 0.29) is 0 Å². The van der Waals surface area contributed by atoms with E-state index in [0.717, 1.165) is 56.0 Å². The fourth-order valence-corrected chi connectivity index (χ4v) is 5.19. The molecule has 0 atom stereocenters. The van der Waals surface area contributed by atoms with Crippen LogP contribution in [0.25, 0.3) is 33.7 Å². The van der Waals surface area contributed by atoms with Gasteiger partial charge in [-0.3, -0.25) is 4.79 Å². The lowest BCUT2D eigenvalue weighted by atomic mass is 9.96. The Hall–Kier alpha value is -5.97. The zero-order valence-electron chi connectivity index (χ0n) is 22.0. The van der Waals surface area contributed by atoms with Crippen LogP contribution in [-0.4, -0.2) is 6.29 Å². The van der Waals surface area contributed by atoms with Gasteiger partial charge in [-0.05, 0) is 65.0 Å². The summed E-state index contributed by atoms with van der Waals surface area (Å²) in [5, 5.41) is 23.2. The topological polar surface area (TPSA) is 67.9 Å². The molecule has 0 unspecified atom stereocenters. The van der Waals surface area contributed by atoms with Crippen LogP contribution in [0.5, 0.6) is 0 Å². The number of hydrogen-bond acceptors (Lipinski definition) is 4. The largest absolute Gasteiger partial charge is 0.310 e. The highest BCUT2D eigenvalue weighted by Crippen LogP contribution is 2.39. The number of carbonyl (C=O) groups excluding carboxylic acids is 1. The number of anilines is 3. The van der Waals surface area contributed by atoms with E-state index < -0.39 is 0 Å². The predicted molar refractivity (Wildman–Crippen MR) is 166 cm³/mol. The van der Waals surface area contributed by atoms with Crippen molar-refractivity contribution in [2.45, 2.75) is 0 Å². The molecular formula is C37H23N3O. The van der Waals surface area contributed by atoms with Crippen LogP contribution < -0.4 is 4.90 Å². The van der Waals surface area contributed by atoms with Crippen LogP contribution in [0, 0.1) is 22.7 Å². The summed E-state index contributed by atoms with van der Waals surface area (Å²) in [5.41, 5.74) is 6.48. The Morgan fingerprint density at radius 3 is 1.93 bits per heavy atom. The lowest BCUT2D eigenvalue weighted by molar-refractivity contribution is 0.112. The summed E-state index contributed by atoms with van der Waals surface area (Å²) in [6, 6.07) is 44.1. The van der Waals surface area contributed by atoms with Gasteiger partial charge in [0.2, 0.25) is 0 Å². The molecule has 192 valence electrons. The van der Waals surface area contributed by atoms with Crippen molar-refractivity contribution in [1.29, 1.82) is 10.5 Å². The highest BCUT2D eigenvalue weighted by molar-refractivity contribution is 5.99. The quantitative estimate of drug-likeness (QED) is 0.161. The van der Waals surface area contributed by atoms with Gasteiger partial charge in [0, 0.05) is 33.1 Å². The van der Waals surface area contributed by atoms with E-state index in [1.807, 2.05) is 84.9 Å². The maximum Gasteiger partial charge on any atom is 0.150 e. The summed E-state index contributed by atoms with van der Waals surface area (Å²) in [7, 11) is 0. The molecule has 4 heteroatoms. The second-order valence-corrected chi connectivity index (χ2v) is 9.62. The number of rotatable bonds is 6. The van der Waals surface area contributed by atoms with Gasteiger partial charge in [0.1, 0.15) is 12.4 Å². The molecule has 0 aliphatic rings. The molecule has 0 saturated carbocycles. The summed E-state index contributed by atoms with van der Waals surface area (Å²) >= 11 is 0. The average molecular weight is 526 g/mol. The van der Waals surface area contributed by atoms with Crippen LogP contribution >= 0.6 is 0 Å². The van der Waals surface area contributed by atoms with Gasteiger partial charge in [0.15, 0.2) is 0 Å². The lowest BCUT2D eigenvalue weighted by Crippen LogP contribution is -2.10. The molecule has 41 heavy (non-hydrogen) atoms. The molecule has 6 rings (SSSR count). The minimum atomic E-state index is 0.549. The van der Waals surface area contributed by atoms with Crippen molar-refractivity contribution in [2.75, 3.05) is 4.90 Å². The SMILES string of the molecule is N#Cc1cccc2c(C#N)c(C=Cc3ccc(N(c4ccc(C=O)cc4)c4cccc5ccccc45)cc3)ccc12. The minimum Gasteiger partial charge on any atom is -0.310 e. The summed E-state index contributed by atoms with van der Waals surface area (Å²) in [6.45, 7) is 0. The van der Waals surface area contributed by atoms with Crippen molar-refractivity contribution < 1.29 is 4.79 Å². The van der Waals surface area contributed by atoms with Gasteiger partial charge >= 0.3 is 0 Å². The van der Waals surface area contributed by atoms with Crippen molar-refractivity contribution in [3.63, 3.8) is 0 Å². The van der Waals surface area contributed by atoms with Crippen molar-refractivity contribution in [1.82, 2.24) is 0 Å². The van der Waals surface area contributed by atoms with Gasteiger partial charge in [0.05, 0.1) is 22.9 Å². The average Bonchev–Trinajstić information content (AvgIpc) is 3.04. The molecule has 0 radical (unpaired) electrons. The maximum absolute atomic E-state index is 11.3. The predicted octanol–water partition coefficient (Wildman–Crippen LogP) is 9.19. The zero-order chi connectivity index (χ0) is 28.2. The van der Waals surface area contributed by atoms with E-state index in [4.69, 9.17) is 0 Å². The molecule has 4 nitrogen and oxygen atoms in total. The first-order valence-electron chi connectivity index (χ1n) is 13.2. The van der Waals surface area contributed by atoms with Crippen LogP contribution in [0.4, 0.5) is 17.1 Å². The summed E-state index contributed by atoms with van der Waals surface area (Å²) in [6.07, 6.45) is 4.77. The highest BCUT2D eigenvalue weighted by Gasteiger charge is 2.15. The van der Waals surface area contributed by atoms with Gasteiger partial charge in [-0.1, -0.05) is 84.9 Å². The van der Waals surface area contributed by atoms with Gasteiger partial charge in [-0.2, -0.15) is 10.5 Å². The summed E-state index contributed by atoms with van der Waals surface area (Å²) < 4.78 is 0. The summed E-state index contributed by atoms with van der Waals surface area (Å²) in [4.78, 5) is 13.5. The molecule has 0 aromatic heterocycles. The molecule has 6 aromatic carbocycles. The highest BCUT2D eigenvalue weighted by atomic mass is 16.1. The van der Waals surface area contributed by atoms with Crippen molar-refractivity contribution in [3.05, 3.63) is 149 Å². The number of carbonyl (C=O) groups is 1. The van der Waals surface area contributed by atoms with Gasteiger partial charge < -0.3 is 4.90 Å². The Morgan fingerprint density at radius 2 is 1.22 bits per heavy atom. The van der Waals surface area contributed by atoms with Gasteiger partial charge in [-0.25, -0.2) is 0 Å². The Morgan fingerprint density at radius 1 is 0.561 bits per heavy atom. The maximum atomic E-state index is 11.3. The number of benzene rings is 6. The van der Waals surface area contributed by atoms with Gasteiger partial charge in [-0.15, -0.1) is 0 Å². The van der Waals surface area contributed by atoms with Crippen molar-refractivity contribution in [3.8, 4) is 12.1 Å². The fourth-order valence-electron chi connectivity index (χ4n) is 5.19. The van der Waals surface area contributed by atoms with Crippen molar-refractivity contribution >= 4 is 57.0 Å². The van der Waals surface area contributed by atoms with Crippen LogP contribution in [-0.2, 0) is 0 Å². The third kappa shape index (κ3) is 4.83. The molecule has 0 saturated heterocycles. The third-order valence-corrected chi connectivity index (χ3v) is 7.23. The van der Waals surface area contributed by atoms with Crippen molar-refractivity contribution in [2.24, 2.45) is 0 Å². The van der Waals surface area contributed by atoms with E-state index in [0.29, 0.717) is 16.7 Å². The normalized spacial score (nSPS) is 10.9. The standard InChI is InChI=1S/C37H23N3O/c38-23-30-7-3-9-35-33(30)22-17-29(36(35)24-39)16-11-26-12-18-31(19-13-26)40(32-20-14-27(25-41)15-21-32)37-10-4-6-28-5-1-2-8-34(28)37/h1-22,25H. The first-order chi connectivity index (χ1) is 20.2. The van der Waals surface area contributed by atoms with Crippen LogP contribution in [0.2, 0.25) is 0 Å². The Bertz CT molecular complexity index is 2020. The molecule has 0 aliphatic carbocycles. The van der Waals surface area contributed by atoms with E-state index in [2.05, 4.69) is 59.5 Å². The second-order valence-electron chi connectivity index (χ2n) is 9.62. The minimum absolute atomic E-state index is 0.549. The molecule has 0 aliphatic heterocycles. The molecule has 6 aromatic rings. The molecule has 0 bridgehead atoms. The van der Waals surface area contributed by atoms with Crippen LogP contribution in [0.15, 0.2) is 121 Å². The molecule has 0 amide bonds. The van der Waals surface area contributed by atoms with Crippen LogP contribution in [0.3, 0.4) is 0 Å². The number of fused-ring (bicyclic) bond motifs is 2. The van der Waals surface area contributed by atoms with Gasteiger partial charge in [0.25, 0.3) is 0 Å². The molecule has 0 heterocycles. The number of hydrogen-bond donors (Lipinski definition) is 0. The number of nitrogens with zero attached hydrogens (tertiary/aromatic N) is 3. The fraction of sp³-hybridized carbons (Fsp3) is 0. The third-order valence-electron chi connectivity index (χ3n) is 7.23. The summed E-state index contributed by atoms with van der Waals surface area (Å²) in [5.74, 6) is 0. The first kappa shape index (κ1) is 25.3. The Balaban J connectivity index is 1.38. The smallest absolute Gasteiger partial charge is 0.150 e. The first-order valence-corrected chi connectivity index (χ1v) is 13.2. The van der Waals surface area contributed by atoms with E-state index >= 15 is 0 Å². The van der Waals surface area contributed by atoms with E-state index in [9.17, 15) is 15.3 Å². The zero-order valence-corrected chi connectivity index (χ0v) is 22.0. The molecule has 0 N–H and O–H groups in total. The number of nitriles is 2. The molecule has 0 fully saturated rings. The lowest BCUT2D eigenvalue weighted by Gasteiger charge is -2.27. The second kappa shape index (κ2) is 11.0. The number of aldehydes is 1. The molecular weight excluding hydrogens is 502 g/mol. The van der Waals surface area contributed by atoms with E-state index in [1.165, 1.54) is 0 Å². The van der Waals surface area contributed by atoms with E-state index in [1.54, 1.807) is 6.07 Å². The molecule has 0 spiro atoms.